The van der Waals surface area contributed by atoms with E-state index in [1.807, 2.05) is 60.7 Å². The molecule has 0 bridgehead atoms. The van der Waals surface area contributed by atoms with Gasteiger partial charge >= 0.3 is 6.09 Å². The van der Waals surface area contributed by atoms with E-state index in [0.29, 0.717) is 0 Å². The lowest BCUT2D eigenvalue weighted by atomic mass is 10.1. The van der Waals surface area contributed by atoms with Gasteiger partial charge in [0.1, 0.15) is 6.61 Å². The maximum Gasteiger partial charge on any atom is 0.417 e. The number of benzene rings is 2. The number of cyclic esters (lactones) is 1. The zero-order chi connectivity index (χ0) is 16.6. The van der Waals surface area contributed by atoms with Gasteiger partial charge in [0.15, 0.2) is 0 Å². The molecule has 1 heterocycles. The Balaban J connectivity index is 1.56. The first kappa shape index (κ1) is 14.7. The van der Waals surface area contributed by atoms with Gasteiger partial charge in [0.05, 0.1) is 5.54 Å². The predicted octanol–water partition coefficient (Wildman–Crippen LogP) is 3.60. The van der Waals surface area contributed by atoms with Gasteiger partial charge in [-0.25, -0.2) is 9.69 Å². The van der Waals surface area contributed by atoms with Gasteiger partial charge in [-0.05, 0) is 23.6 Å². The summed E-state index contributed by atoms with van der Waals surface area (Å²) in [7, 11) is 0. The number of amides is 2. The van der Waals surface area contributed by atoms with Crippen molar-refractivity contribution in [2.24, 2.45) is 0 Å². The summed E-state index contributed by atoms with van der Waals surface area (Å²) < 4.78 is 5.20. The van der Waals surface area contributed by atoms with Crippen molar-refractivity contribution in [3.8, 4) is 0 Å². The normalized spacial score (nSPS) is 25.2. The molecule has 0 radical (unpaired) electrons. The third kappa shape index (κ3) is 2.40. The summed E-state index contributed by atoms with van der Waals surface area (Å²) in [6.07, 6.45) is 3.38. The fourth-order valence-corrected chi connectivity index (χ4v) is 3.43. The van der Waals surface area contributed by atoms with Gasteiger partial charge in [-0.15, -0.1) is 0 Å². The van der Waals surface area contributed by atoms with E-state index in [2.05, 4.69) is 0 Å². The number of ether oxygens (including phenoxy) is 1. The summed E-state index contributed by atoms with van der Waals surface area (Å²) in [5, 5.41) is 0. The monoisotopic (exact) mass is 319 g/mol. The molecule has 2 aromatic rings. The van der Waals surface area contributed by atoms with Gasteiger partial charge in [-0.2, -0.15) is 0 Å². The van der Waals surface area contributed by atoms with Crippen molar-refractivity contribution >= 4 is 18.1 Å². The van der Waals surface area contributed by atoms with Crippen molar-refractivity contribution in [2.75, 3.05) is 6.61 Å². The van der Waals surface area contributed by atoms with Crippen LogP contribution in [-0.2, 0) is 9.53 Å². The second-order valence-corrected chi connectivity index (χ2v) is 6.24. The molecule has 24 heavy (non-hydrogen) atoms. The van der Waals surface area contributed by atoms with Gasteiger partial charge in [-0.1, -0.05) is 60.7 Å². The largest absolute Gasteiger partial charge is 0.447 e. The number of rotatable bonds is 3. The highest BCUT2D eigenvalue weighted by Gasteiger charge is 2.66. The van der Waals surface area contributed by atoms with Gasteiger partial charge in [0, 0.05) is 12.0 Å². The summed E-state index contributed by atoms with van der Waals surface area (Å²) in [5.41, 5.74) is 1.54. The van der Waals surface area contributed by atoms with Gasteiger partial charge in [0.2, 0.25) is 0 Å². The highest BCUT2D eigenvalue weighted by Crippen LogP contribution is 2.58. The molecule has 1 unspecified atom stereocenters. The van der Waals surface area contributed by atoms with Crippen molar-refractivity contribution in [1.29, 1.82) is 0 Å². The van der Waals surface area contributed by atoms with Crippen LogP contribution >= 0.6 is 0 Å². The van der Waals surface area contributed by atoms with Crippen LogP contribution in [0.3, 0.4) is 0 Å². The van der Waals surface area contributed by atoms with Gasteiger partial charge < -0.3 is 4.74 Å². The zero-order valence-electron chi connectivity index (χ0n) is 13.1. The highest BCUT2D eigenvalue weighted by atomic mass is 16.6. The average molecular weight is 319 g/mol. The first-order valence-corrected chi connectivity index (χ1v) is 8.00. The molecule has 1 aliphatic carbocycles. The Labute approximate surface area is 140 Å². The molecule has 4 heteroatoms. The third-order valence-corrected chi connectivity index (χ3v) is 4.76. The van der Waals surface area contributed by atoms with Gasteiger partial charge in [-0.3, -0.25) is 4.79 Å². The van der Waals surface area contributed by atoms with Crippen molar-refractivity contribution < 1.29 is 14.3 Å². The summed E-state index contributed by atoms with van der Waals surface area (Å²) in [4.78, 5) is 26.0. The van der Waals surface area contributed by atoms with Crippen molar-refractivity contribution in [1.82, 2.24) is 4.90 Å². The topological polar surface area (TPSA) is 46.6 Å². The number of carbonyl (C=O) groups is 2. The van der Waals surface area contributed by atoms with Crippen LogP contribution in [0.15, 0.2) is 66.7 Å². The van der Waals surface area contributed by atoms with Crippen LogP contribution in [0.25, 0.3) is 6.08 Å². The number of hydrogen-bond acceptors (Lipinski definition) is 3. The van der Waals surface area contributed by atoms with Crippen LogP contribution < -0.4 is 0 Å². The Morgan fingerprint density at radius 2 is 1.75 bits per heavy atom. The summed E-state index contributed by atoms with van der Waals surface area (Å²) in [5.74, 6) is -0.168. The lowest BCUT2D eigenvalue weighted by Gasteiger charge is -2.18. The quantitative estimate of drug-likeness (QED) is 0.812. The SMILES string of the molecule is O=C(/C=C/c1ccccc1)N1C(=O)OCC12C[C@@H]2c1ccccc1. The molecule has 1 aliphatic heterocycles. The van der Waals surface area contributed by atoms with Crippen LogP contribution in [0, 0.1) is 0 Å². The molecule has 2 aromatic carbocycles. The maximum absolute atomic E-state index is 12.6. The molecule has 2 atom stereocenters. The number of hydrogen-bond donors (Lipinski definition) is 0. The minimum atomic E-state index is -0.545. The third-order valence-electron chi connectivity index (χ3n) is 4.76. The van der Waals surface area contributed by atoms with E-state index >= 15 is 0 Å². The van der Waals surface area contributed by atoms with Crippen molar-refractivity contribution in [3.63, 3.8) is 0 Å². The summed E-state index contributed by atoms with van der Waals surface area (Å²) in [6, 6.07) is 19.5. The Hall–Kier alpha value is -2.88. The van der Waals surface area contributed by atoms with Crippen molar-refractivity contribution in [2.45, 2.75) is 17.9 Å². The number of imide groups is 1. The van der Waals surface area contributed by atoms with E-state index in [-0.39, 0.29) is 18.4 Å². The summed E-state index contributed by atoms with van der Waals surface area (Å²) in [6.45, 7) is 0.274. The highest BCUT2D eigenvalue weighted by molar-refractivity contribution is 6.03. The first-order chi connectivity index (χ1) is 11.7. The zero-order valence-corrected chi connectivity index (χ0v) is 13.1. The molecule has 1 saturated carbocycles. The lowest BCUT2D eigenvalue weighted by molar-refractivity contribution is -0.124. The summed E-state index contributed by atoms with van der Waals surface area (Å²) >= 11 is 0. The fourth-order valence-electron chi connectivity index (χ4n) is 3.43. The number of nitrogens with zero attached hydrogens (tertiary/aromatic N) is 1. The molecular formula is C20H17NO3. The Bertz CT molecular complexity index is 800. The van der Waals surface area contributed by atoms with Crippen LogP contribution in [-0.4, -0.2) is 29.0 Å². The van der Waals surface area contributed by atoms with Crippen LogP contribution in [0.1, 0.15) is 23.5 Å². The van der Waals surface area contributed by atoms with E-state index < -0.39 is 11.6 Å². The lowest BCUT2D eigenvalue weighted by Crippen LogP contribution is -2.40. The molecule has 0 N–H and O–H groups in total. The van der Waals surface area contributed by atoms with E-state index in [1.54, 1.807) is 6.08 Å². The Kier molecular flexibility index (Phi) is 3.45. The van der Waals surface area contributed by atoms with E-state index in [4.69, 9.17) is 4.74 Å². The molecule has 4 nitrogen and oxygen atoms in total. The van der Waals surface area contributed by atoms with Crippen LogP contribution in [0.4, 0.5) is 4.79 Å². The average Bonchev–Trinajstić information content (AvgIpc) is 3.25. The first-order valence-electron chi connectivity index (χ1n) is 8.00. The van der Waals surface area contributed by atoms with E-state index in [1.165, 1.54) is 11.0 Å². The fraction of sp³-hybridized carbons (Fsp3) is 0.200. The number of carbonyl (C=O) groups excluding carboxylic acids is 2. The Morgan fingerprint density at radius 3 is 2.46 bits per heavy atom. The van der Waals surface area contributed by atoms with E-state index in [0.717, 1.165) is 17.5 Å². The van der Waals surface area contributed by atoms with Crippen LogP contribution in [0.5, 0.6) is 0 Å². The molecule has 2 amide bonds. The van der Waals surface area contributed by atoms with Gasteiger partial charge in [0.25, 0.3) is 5.91 Å². The molecule has 0 aromatic heterocycles. The molecule has 2 aliphatic rings. The second-order valence-electron chi connectivity index (χ2n) is 6.24. The smallest absolute Gasteiger partial charge is 0.417 e. The second kappa shape index (κ2) is 5.64. The minimum absolute atomic E-state index is 0.152. The van der Waals surface area contributed by atoms with E-state index in [9.17, 15) is 9.59 Å². The molecule has 1 spiro atoms. The Morgan fingerprint density at radius 1 is 1.08 bits per heavy atom. The predicted molar refractivity (Wildman–Crippen MR) is 90.2 cm³/mol. The standard InChI is InChI=1S/C20H17NO3/c22-18(12-11-15-7-3-1-4-8-15)21-19(23)24-14-20(21)13-17(20)16-9-5-2-6-10-16/h1-12,17H,13-14H2/b12-11+/t17-,20?/m1/s1. The van der Waals surface area contributed by atoms with Crippen molar-refractivity contribution in [3.05, 3.63) is 77.9 Å². The molecular weight excluding hydrogens is 302 g/mol. The molecule has 2 fully saturated rings. The molecule has 4 rings (SSSR count). The minimum Gasteiger partial charge on any atom is -0.447 e. The molecule has 120 valence electrons. The molecule has 1 saturated heterocycles. The van der Waals surface area contributed by atoms with Crippen LogP contribution in [0.2, 0.25) is 0 Å². The maximum atomic E-state index is 12.6.